The van der Waals surface area contributed by atoms with E-state index in [0.717, 1.165) is 22.3 Å². The zero-order chi connectivity index (χ0) is 22.1. The Bertz CT molecular complexity index is 996. The summed E-state index contributed by atoms with van der Waals surface area (Å²) >= 11 is 0. The lowest BCUT2D eigenvalue weighted by Gasteiger charge is -2.29. The minimum Gasteiger partial charge on any atom is -0.422 e. The van der Waals surface area contributed by atoms with Crippen LogP contribution in [0.5, 0.6) is 5.75 Å². The molecule has 0 fully saturated rings. The first kappa shape index (κ1) is 21.8. The molecule has 0 saturated heterocycles. The van der Waals surface area contributed by atoms with E-state index < -0.39 is 0 Å². The highest BCUT2D eigenvalue weighted by atomic mass is 16.5. The van der Waals surface area contributed by atoms with Crippen molar-refractivity contribution in [3.8, 4) is 16.9 Å². The number of rotatable bonds is 3. The van der Waals surface area contributed by atoms with Crippen molar-refractivity contribution in [3.05, 3.63) is 89.0 Å². The molecule has 0 unspecified atom stereocenters. The summed E-state index contributed by atoms with van der Waals surface area (Å²) in [5.41, 5.74) is 5.77. The first-order valence-corrected chi connectivity index (χ1v) is 10.5. The van der Waals surface area contributed by atoms with Crippen LogP contribution in [0.1, 0.15) is 68.6 Å². The Morgan fingerprint density at radius 1 is 0.700 bits per heavy atom. The summed E-state index contributed by atoms with van der Waals surface area (Å²) in [5.74, 6) is 0.368. The molecule has 30 heavy (non-hydrogen) atoms. The van der Waals surface area contributed by atoms with Gasteiger partial charge in [0.15, 0.2) is 0 Å². The molecule has 0 saturated carbocycles. The Labute approximate surface area is 180 Å². The second-order valence-electron chi connectivity index (χ2n) is 10.0. The smallest absolute Gasteiger partial charge is 0.343 e. The van der Waals surface area contributed by atoms with Crippen LogP contribution in [0.2, 0.25) is 0 Å². The Morgan fingerprint density at radius 2 is 1.17 bits per heavy atom. The molecule has 3 aromatic rings. The third-order valence-electron chi connectivity index (χ3n) is 5.27. The Balaban J connectivity index is 1.98. The highest BCUT2D eigenvalue weighted by Gasteiger charge is 2.29. The lowest BCUT2D eigenvalue weighted by Crippen LogP contribution is -2.22. The van der Waals surface area contributed by atoms with Gasteiger partial charge in [-0.25, -0.2) is 4.79 Å². The van der Waals surface area contributed by atoms with Crippen LogP contribution in [0.4, 0.5) is 0 Å². The molecule has 0 bridgehead atoms. The van der Waals surface area contributed by atoms with Gasteiger partial charge in [-0.2, -0.15) is 0 Å². The molecule has 0 aliphatic rings. The van der Waals surface area contributed by atoms with E-state index in [4.69, 9.17) is 4.74 Å². The normalized spacial score (nSPS) is 12.0. The SMILES string of the molecule is Cc1cc(C(C)(C)C)c(OC(=O)c2ccc(-c3ccccc3)cc2)c(C(C)(C)C)c1. The molecular weight excluding hydrogens is 368 g/mol. The number of carbonyl (C=O) groups excluding carboxylic acids is 1. The summed E-state index contributed by atoms with van der Waals surface area (Å²) in [7, 11) is 0. The highest BCUT2D eigenvalue weighted by molar-refractivity contribution is 5.92. The number of ether oxygens (including phenoxy) is 1. The summed E-state index contributed by atoms with van der Waals surface area (Å²) in [6, 6.07) is 22.0. The van der Waals surface area contributed by atoms with Gasteiger partial charge >= 0.3 is 5.97 Å². The van der Waals surface area contributed by atoms with Crippen molar-refractivity contribution in [2.24, 2.45) is 0 Å². The summed E-state index contributed by atoms with van der Waals surface area (Å²) in [4.78, 5) is 13.1. The standard InChI is InChI=1S/C28H32O2/c1-19-17-23(27(2,3)4)25(24(18-19)28(5,6)7)30-26(29)22-15-13-21(14-16-22)20-11-9-8-10-12-20/h8-18H,1-7H3. The van der Waals surface area contributed by atoms with E-state index in [0.29, 0.717) is 11.3 Å². The lowest BCUT2D eigenvalue weighted by molar-refractivity contribution is 0.0728. The van der Waals surface area contributed by atoms with Crippen molar-refractivity contribution in [1.29, 1.82) is 0 Å². The molecular formula is C28H32O2. The topological polar surface area (TPSA) is 26.3 Å². The summed E-state index contributed by atoms with van der Waals surface area (Å²) in [6.45, 7) is 15.0. The van der Waals surface area contributed by atoms with E-state index in [2.05, 4.69) is 72.7 Å². The maximum Gasteiger partial charge on any atom is 0.343 e. The zero-order valence-electron chi connectivity index (χ0n) is 19.2. The van der Waals surface area contributed by atoms with Gasteiger partial charge in [-0.05, 0) is 41.0 Å². The van der Waals surface area contributed by atoms with E-state index in [1.807, 2.05) is 42.5 Å². The predicted octanol–water partition coefficient (Wildman–Crippen LogP) is 7.48. The quantitative estimate of drug-likeness (QED) is 0.336. The van der Waals surface area contributed by atoms with Crippen molar-refractivity contribution >= 4 is 5.97 Å². The van der Waals surface area contributed by atoms with Crippen molar-refractivity contribution in [1.82, 2.24) is 0 Å². The van der Waals surface area contributed by atoms with Crippen LogP contribution in [0, 0.1) is 6.92 Å². The van der Waals surface area contributed by atoms with Crippen LogP contribution in [0.25, 0.3) is 11.1 Å². The third-order valence-corrected chi connectivity index (χ3v) is 5.27. The molecule has 0 aliphatic heterocycles. The molecule has 0 N–H and O–H groups in total. The van der Waals surface area contributed by atoms with Crippen molar-refractivity contribution < 1.29 is 9.53 Å². The molecule has 0 atom stereocenters. The van der Waals surface area contributed by atoms with Gasteiger partial charge in [0, 0.05) is 11.1 Å². The number of carbonyl (C=O) groups is 1. The second kappa shape index (κ2) is 8.10. The van der Waals surface area contributed by atoms with Gasteiger partial charge in [0.2, 0.25) is 0 Å². The Kier molecular flexibility index (Phi) is 5.90. The van der Waals surface area contributed by atoms with Crippen LogP contribution >= 0.6 is 0 Å². The van der Waals surface area contributed by atoms with E-state index in [-0.39, 0.29) is 16.8 Å². The maximum absolute atomic E-state index is 13.1. The molecule has 3 aromatic carbocycles. The van der Waals surface area contributed by atoms with Crippen LogP contribution in [-0.4, -0.2) is 5.97 Å². The van der Waals surface area contributed by atoms with Crippen LogP contribution in [0.3, 0.4) is 0 Å². The zero-order valence-corrected chi connectivity index (χ0v) is 19.2. The van der Waals surface area contributed by atoms with E-state index in [9.17, 15) is 4.79 Å². The fourth-order valence-electron chi connectivity index (χ4n) is 3.58. The third kappa shape index (κ3) is 4.81. The molecule has 0 amide bonds. The number of hydrogen-bond acceptors (Lipinski definition) is 2. The van der Waals surface area contributed by atoms with E-state index in [1.54, 1.807) is 0 Å². The van der Waals surface area contributed by atoms with Gasteiger partial charge in [0.1, 0.15) is 5.75 Å². The molecule has 0 aliphatic carbocycles. The first-order valence-electron chi connectivity index (χ1n) is 10.5. The lowest BCUT2D eigenvalue weighted by atomic mass is 9.78. The second-order valence-corrected chi connectivity index (χ2v) is 10.0. The predicted molar refractivity (Wildman–Crippen MR) is 125 cm³/mol. The van der Waals surface area contributed by atoms with E-state index >= 15 is 0 Å². The van der Waals surface area contributed by atoms with E-state index in [1.165, 1.54) is 5.56 Å². The Hall–Kier alpha value is -2.87. The molecule has 156 valence electrons. The molecule has 0 radical (unpaired) electrons. The number of hydrogen-bond donors (Lipinski definition) is 0. The molecule has 0 spiro atoms. The molecule has 3 rings (SSSR count). The molecule has 0 aromatic heterocycles. The molecule has 2 heteroatoms. The monoisotopic (exact) mass is 400 g/mol. The minimum absolute atomic E-state index is 0.140. The van der Waals surface area contributed by atoms with Crippen LogP contribution < -0.4 is 4.74 Å². The number of aryl methyl sites for hydroxylation is 1. The minimum atomic E-state index is -0.325. The largest absolute Gasteiger partial charge is 0.422 e. The van der Waals surface area contributed by atoms with Gasteiger partial charge in [-0.1, -0.05) is 102 Å². The fraction of sp³-hybridized carbons (Fsp3) is 0.321. The average Bonchev–Trinajstić information content (AvgIpc) is 2.68. The number of esters is 1. The van der Waals surface area contributed by atoms with Gasteiger partial charge in [0.25, 0.3) is 0 Å². The first-order chi connectivity index (χ1) is 14.0. The fourth-order valence-corrected chi connectivity index (χ4v) is 3.58. The van der Waals surface area contributed by atoms with Gasteiger partial charge < -0.3 is 4.74 Å². The van der Waals surface area contributed by atoms with Crippen molar-refractivity contribution in [2.75, 3.05) is 0 Å². The highest BCUT2D eigenvalue weighted by Crippen LogP contribution is 2.41. The van der Waals surface area contributed by atoms with Crippen LogP contribution in [-0.2, 0) is 10.8 Å². The van der Waals surface area contributed by atoms with Gasteiger partial charge in [0.05, 0.1) is 5.56 Å². The summed E-state index contributed by atoms with van der Waals surface area (Å²) < 4.78 is 6.08. The van der Waals surface area contributed by atoms with Gasteiger partial charge in [-0.15, -0.1) is 0 Å². The van der Waals surface area contributed by atoms with Gasteiger partial charge in [-0.3, -0.25) is 0 Å². The summed E-state index contributed by atoms with van der Waals surface area (Å²) in [5, 5.41) is 0. The van der Waals surface area contributed by atoms with Crippen molar-refractivity contribution in [2.45, 2.75) is 59.3 Å². The number of benzene rings is 3. The molecule has 0 heterocycles. The summed E-state index contributed by atoms with van der Waals surface area (Å²) in [6.07, 6.45) is 0. The Morgan fingerprint density at radius 3 is 1.63 bits per heavy atom. The average molecular weight is 401 g/mol. The molecule has 2 nitrogen and oxygen atoms in total. The van der Waals surface area contributed by atoms with Crippen molar-refractivity contribution in [3.63, 3.8) is 0 Å². The van der Waals surface area contributed by atoms with Crippen LogP contribution in [0.15, 0.2) is 66.7 Å². The maximum atomic E-state index is 13.1.